The van der Waals surface area contributed by atoms with Gasteiger partial charge in [-0.15, -0.1) is 0 Å². The highest BCUT2D eigenvalue weighted by molar-refractivity contribution is 7.80. The second-order valence-corrected chi connectivity index (χ2v) is 6.26. The summed E-state index contributed by atoms with van der Waals surface area (Å²) in [6, 6.07) is 12.1. The van der Waals surface area contributed by atoms with Crippen molar-refractivity contribution in [3.63, 3.8) is 0 Å². The molecule has 0 unspecified atom stereocenters. The van der Waals surface area contributed by atoms with Crippen LogP contribution in [0.15, 0.2) is 47.3 Å². The lowest BCUT2D eigenvalue weighted by Crippen LogP contribution is -2.37. The lowest BCUT2D eigenvalue weighted by molar-refractivity contribution is 0.839. The van der Waals surface area contributed by atoms with Crippen LogP contribution in [0.5, 0.6) is 0 Å². The minimum absolute atomic E-state index is 0.210. The van der Waals surface area contributed by atoms with Crippen molar-refractivity contribution < 1.29 is 0 Å². The Balaban J connectivity index is 1.89. The monoisotopic (exact) mass is 378 g/mol. The zero-order valence-electron chi connectivity index (χ0n) is 12.5. The summed E-state index contributed by atoms with van der Waals surface area (Å²) in [5.41, 5.74) is 3.82. The fourth-order valence-corrected chi connectivity index (χ4v) is 2.88. The highest BCUT2D eigenvalue weighted by Crippen LogP contribution is 2.25. The Morgan fingerprint density at radius 3 is 2.71 bits per heavy atom. The molecule has 0 radical (unpaired) electrons. The van der Waals surface area contributed by atoms with Crippen molar-refractivity contribution in [2.75, 3.05) is 10.7 Å². The summed E-state index contributed by atoms with van der Waals surface area (Å²) in [6.07, 6.45) is 0. The van der Waals surface area contributed by atoms with Crippen LogP contribution in [-0.2, 0) is 0 Å². The van der Waals surface area contributed by atoms with E-state index in [0.717, 1.165) is 0 Å². The third-order valence-electron chi connectivity index (χ3n) is 3.34. The van der Waals surface area contributed by atoms with Gasteiger partial charge in [-0.1, -0.05) is 35.3 Å². The fraction of sp³-hybridized carbons (Fsp3) is 0.0625. The van der Waals surface area contributed by atoms with E-state index in [1.807, 2.05) is 6.07 Å². The summed E-state index contributed by atoms with van der Waals surface area (Å²) in [5.74, 6) is 0.491. The minimum Gasteiger partial charge on any atom is -0.330 e. The van der Waals surface area contributed by atoms with Gasteiger partial charge in [0.2, 0.25) is 0 Å². The van der Waals surface area contributed by atoms with Crippen molar-refractivity contribution in [2.24, 2.45) is 0 Å². The summed E-state index contributed by atoms with van der Waals surface area (Å²) >= 11 is 17.2. The zero-order chi connectivity index (χ0) is 17.3. The van der Waals surface area contributed by atoms with Crippen LogP contribution in [-0.4, -0.2) is 14.8 Å². The van der Waals surface area contributed by atoms with Crippen molar-refractivity contribution in [2.45, 2.75) is 6.92 Å². The Bertz CT molecular complexity index is 1000. The molecule has 2 aromatic carbocycles. The molecule has 3 rings (SSSR count). The number of thiocarbonyl (C=S) groups is 1. The number of para-hydroxylation sites is 1. The number of benzene rings is 2. The highest BCUT2D eigenvalue weighted by Gasteiger charge is 2.10. The maximum atomic E-state index is 12.6. The first kappa shape index (κ1) is 16.7. The average Bonchev–Trinajstić information content (AvgIpc) is 2.54. The van der Waals surface area contributed by atoms with Gasteiger partial charge in [-0.2, -0.15) is 0 Å². The molecule has 1 aromatic heterocycles. The van der Waals surface area contributed by atoms with E-state index in [9.17, 15) is 4.79 Å². The molecule has 0 aliphatic heterocycles. The number of nitrogens with one attached hydrogen (secondary N) is 2. The van der Waals surface area contributed by atoms with E-state index in [2.05, 4.69) is 15.7 Å². The van der Waals surface area contributed by atoms with Gasteiger partial charge in [-0.3, -0.25) is 10.2 Å². The van der Waals surface area contributed by atoms with Crippen LogP contribution in [0.4, 0.5) is 5.69 Å². The minimum atomic E-state index is -0.232. The van der Waals surface area contributed by atoms with Crippen LogP contribution in [0.3, 0.4) is 0 Å². The van der Waals surface area contributed by atoms with Gasteiger partial charge in [0, 0.05) is 5.02 Å². The number of aromatic nitrogens is 2. The maximum absolute atomic E-state index is 12.6. The van der Waals surface area contributed by atoms with E-state index in [0.29, 0.717) is 32.5 Å². The summed E-state index contributed by atoms with van der Waals surface area (Å²) < 4.78 is 1.29. The molecule has 5 nitrogen and oxygen atoms in total. The van der Waals surface area contributed by atoms with Gasteiger partial charge in [-0.05, 0) is 49.5 Å². The van der Waals surface area contributed by atoms with Gasteiger partial charge in [0.15, 0.2) is 5.11 Å². The van der Waals surface area contributed by atoms with Crippen LogP contribution in [0.2, 0.25) is 10.0 Å². The van der Waals surface area contributed by atoms with Gasteiger partial charge >= 0.3 is 0 Å². The standard InChI is InChI=1S/C16H12Cl2N4OS/c1-9-19-13-5-3-2-4-11(13)15(23)22(9)21-16(24)20-14-7-6-10(17)8-12(14)18/h2-8H,1H3,(H2,20,21,24). The topological polar surface area (TPSA) is 59.0 Å². The zero-order valence-corrected chi connectivity index (χ0v) is 14.8. The smallest absolute Gasteiger partial charge is 0.280 e. The quantitative estimate of drug-likeness (QED) is 0.661. The summed E-state index contributed by atoms with van der Waals surface area (Å²) in [5, 5.41) is 4.59. The predicted molar refractivity (Wildman–Crippen MR) is 103 cm³/mol. The molecule has 3 aromatic rings. The molecule has 0 spiro atoms. The molecule has 24 heavy (non-hydrogen) atoms. The first-order valence-corrected chi connectivity index (χ1v) is 8.13. The van der Waals surface area contributed by atoms with E-state index in [1.165, 1.54) is 4.68 Å². The Labute approximate surface area is 153 Å². The molecule has 0 atom stereocenters. The highest BCUT2D eigenvalue weighted by atomic mass is 35.5. The Kier molecular flexibility index (Phi) is 4.71. The number of hydrogen-bond acceptors (Lipinski definition) is 3. The molecular weight excluding hydrogens is 367 g/mol. The molecule has 0 saturated carbocycles. The second-order valence-electron chi connectivity index (χ2n) is 5.01. The third-order valence-corrected chi connectivity index (χ3v) is 4.08. The molecule has 1 heterocycles. The van der Waals surface area contributed by atoms with Crippen LogP contribution in [0, 0.1) is 6.92 Å². The number of halogens is 2. The van der Waals surface area contributed by atoms with Gasteiger partial charge in [-0.25, -0.2) is 9.66 Å². The van der Waals surface area contributed by atoms with Crippen molar-refractivity contribution >= 4 is 57.1 Å². The average molecular weight is 379 g/mol. The lowest BCUT2D eigenvalue weighted by Gasteiger charge is -2.15. The molecule has 8 heteroatoms. The van der Waals surface area contributed by atoms with Crippen LogP contribution >= 0.6 is 35.4 Å². The Hall–Kier alpha value is -2.15. The molecule has 0 amide bonds. The molecule has 122 valence electrons. The lowest BCUT2D eigenvalue weighted by atomic mass is 10.2. The van der Waals surface area contributed by atoms with E-state index >= 15 is 0 Å². The number of aryl methyl sites for hydroxylation is 1. The molecule has 2 N–H and O–H groups in total. The van der Waals surface area contributed by atoms with Crippen LogP contribution in [0.1, 0.15) is 5.82 Å². The van der Waals surface area contributed by atoms with Crippen LogP contribution < -0.4 is 16.3 Å². The van der Waals surface area contributed by atoms with Crippen molar-refractivity contribution in [3.8, 4) is 0 Å². The first-order chi connectivity index (χ1) is 11.5. The second kappa shape index (κ2) is 6.76. The molecule has 0 aliphatic carbocycles. The first-order valence-electron chi connectivity index (χ1n) is 6.97. The Morgan fingerprint density at radius 2 is 1.96 bits per heavy atom. The Morgan fingerprint density at radius 1 is 1.21 bits per heavy atom. The largest absolute Gasteiger partial charge is 0.330 e. The van der Waals surface area contributed by atoms with Gasteiger partial charge < -0.3 is 5.32 Å². The number of anilines is 1. The van der Waals surface area contributed by atoms with Crippen molar-refractivity contribution in [1.29, 1.82) is 0 Å². The fourth-order valence-electron chi connectivity index (χ4n) is 2.22. The molecule has 0 saturated heterocycles. The molecular formula is C16H12Cl2N4OS. The van der Waals surface area contributed by atoms with E-state index in [-0.39, 0.29) is 10.7 Å². The molecule has 0 aliphatic rings. The third kappa shape index (κ3) is 3.36. The van der Waals surface area contributed by atoms with Gasteiger partial charge in [0.1, 0.15) is 5.82 Å². The molecule has 0 bridgehead atoms. The molecule has 0 fully saturated rings. The summed E-state index contributed by atoms with van der Waals surface area (Å²) in [6.45, 7) is 1.72. The SMILES string of the molecule is Cc1nc2ccccc2c(=O)n1NC(=S)Nc1ccc(Cl)cc1Cl. The summed E-state index contributed by atoms with van der Waals surface area (Å²) in [7, 11) is 0. The summed E-state index contributed by atoms with van der Waals surface area (Å²) in [4.78, 5) is 17.0. The maximum Gasteiger partial charge on any atom is 0.280 e. The van der Waals surface area contributed by atoms with E-state index in [4.69, 9.17) is 35.4 Å². The number of rotatable bonds is 2. The number of hydrogen-bond donors (Lipinski definition) is 2. The van der Waals surface area contributed by atoms with Crippen molar-refractivity contribution in [1.82, 2.24) is 9.66 Å². The van der Waals surface area contributed by atoms with Gasteiger partial charge in [0.25, 0.3) is 5.56 Å². The van der Waals surface area contributed by atoms with E-state index < -0.39 is 0 Å². The van der Waals surface area contributed by atoms with Crippen molar-refractivity contribution in [3.05, 3.63) is 68.7 Å². The normalized spacial score (nSPS) is 10.6. The number of nitrogens with zero attached hydrogens (tertiary/aromatic N) is 2. The van der Waals surface area contributed by atoms with Gasteiger partial charge in [0.05, 0.1) is 21.6 Å². The number of fused-ring (bicyclic) bond motifs is 1. The van der Waals surface area contributed by atoms with E-state index in [1.54, 1.807) is 43.3 Å². The predicted octanol–water partition coefficient (Wildman–Crippen LogP) is 3.95. The van der Waals surface area contributed by atoms with Crippen LogP contribution in [0.25, 0.3) is 10.9 Å².